The van der Waals surface area contributed by atoms with E-state index in [-0.39, 0.29) is 5.41 Å². The van der Waals surface area contributed by atoms with Gasteiger partial charge in [0.05, 0.1) is 5.60 Å². The molecule has 2 heteroatoms. The Balaban J connectivity index is 1.70. The lowest BCUT2D eigenvalue weighted by atomic mass is 9.52. The van der Waals surface area contributed by atoms with Gasteiger partial charge >= 0.3 is 0 Å². The van der Waals surface area contributed by atoms with Crippen LogP contribution in [0.4, 0.5) is 0 Å². The van der Waals surface area contributed by atoms with Crippen LogP contribution in [0.15, 0.2) is 18.2 Å². The molecule has 3 aliphatic rings. The number of benzene rings is 1. The highest BCUT2D eigenvalue weighted by atomic mass is 16.3. The number of fused-ring (bicyclic) bond motifs is 5. The van der Waals surface area contributed by atoms with Gasteiger partial charge in [0.1, 0.15) is 5.75 Å². The summed E-state index contributed by atoms with van der Waals surface area (Å²) in [5, 5.41) is 21.2. The molecule has 0 spiro atoms. The van der Waals surface area contributed by atoms with Crippen LogP contribution in [0.3, 0.4) is 0 Å². The maximum absolute atomic E-state index is 11.4. The molecule has 0 heterocycles. The summed E-state index contributed by atoms with van der Waals surface area (Å²) in [6, 6.07) is 5.99. The summed E-state index contributed by atoms with van der Waals surface area (Å²) in [5.74, 6) is 2.72. The molecule has 0 unspecified atom stereocenters. The van der Waals surface area contributed by atoms with E-state index in [1.165, 1.54) is 30.4 Å². The monoisotopic (exact) mass is 314 g/mol. The van der Waals surface area contributed by atoms with E-state index in [0.29, 0.717) is 29.4 Å². The van der Waals surface area contributed by atoms with E-state index in [0.717, 1.165) is 19.3 Å². The van der Waals surface area contributed by atoms with Crippen LogP contribution in [0.1, 0.15) is 69.9 Å². The van der Waals surface area contributed by atoms with E-state index in [1.807, 2.05) is 12.1 Å². The predicted octanol–water partition coefficient (Wildman–Crippen LogP) is 4.64. The van der Waals surface area contributed by atoms with Crippen LogP contribution in [0, 0.1) is 23.2 Å². The van der Waals surface area contributed by atoms with Crippen molar-refractivity contribution in [2.75, 3.05) is 0 Å². The second-order valence-corrected chi connectivity index (χ2v) is 8.87. The molecule has 1 aromatic carbocycles. The number of aromatic hydroxyl groups is 1. The number of hydrogen-bond acceptors (Lipinski definition) is 2. The molecule has 4 rings (SSSR count). The molecule has 2 saturated carbocycles. The van der Waals surface area contributed by atoms with Crippen LogP contribution in [0.2, 0.25) is 0 Å². The van der Waals surface area contributed by atoms with Gasteiger partial charge in [-0.2, -0.15) is 0 Å². The van der Waals surface area contributed by atoms with E-state index in [9.17, 15) is 10.2 Å². The molecule has 5 atom stereocenters. The molecule has 23 heavy (non-hydrogen) atoms. The highest BCUT2D eigenvalue weighted by Gasteiger charge is 2.62. The number of phenolic OH excluding ortho intramolecular Hbond substituents is 1. The average molecular weight is 314 g/mol. The molecule has 2 nitrogen and oxygen atoms in total. The molecule has 3 aliphatic carbocycles. The maximum Gasteiger partial charge on any atom is 0.115 e. The third kappa shape index (κ3) is 1.97. The third-order valence-electron chi connectivity index (χ3n) is 7.88. The summed E-state index contributed by atoms with van der Waals surface area (Å²) in [4.78, 5) is 0. The number of aryl methyl sites for hydroxylation is 1. The Morgan fingerprint density at radius 2 is 1.91 bits per heavy atom. The van der Waals surface area contributed by atoms with E-state index in [4.69, 9.17) is 0 Å². The van der Waals surface area contributed by atoms with Crippen molar-refractivity contribution in [3.63, 3.8) is 0 Å². The zero-order valence-electron chi connectivity index (χ0n) is 14.7. The number of phenols is 1. The molecular formula is C21H30O2. The first-order chi connectivity index (χ1) is 10.9. The van der Waals surface area contributed by atoms with E-state index >= 15 is 0 Å². The smallest absolute Gasteiger partial charge is 0.115 e. The van der Waals surface area contributed by atoms with E-state index in [1.54, 1.807) is 0 Å². The summed E-state index contributed by atoms with van der Waals surface area (Å²) in [6.45, 7) is 6.75. The van der Waals surface area contributed by atoms with E-state index < -0.39 is 5.60 Å². The van der Waals surface area contributed by atoms with Gasteiger partial charge in [-0.05, 0) is 90.9 Å². The summed E-state index contributed by atoms with van der Waals surface area (Å²) in [5.41, 5.74) is 2.42. The van der Waals surface area contributed by atoms with Crippen molar-refractivity contribution < 1.29 is 10.2 Å². The van der Waals surface area contributed by atoms with Crippen LogP contribution < -0.4 is 0 Å². The van der Waals surface area contributed by atoms with Crippen molar-refractivity contribution >= 4 is 0 Å². The van der Waals surface area contributed by atoms with Crippen LogP contribution in [-0.2, 0) is 6.42 Å². The fraction of sp³-hybridized carbons (Fsp3) is 0.714. The second-order valence-electron chi connectivity index (χ2n) is 8.87. The minimum atomic E-state index is -0.488. The third-order valence-corrected chi connectivity index (χ3v) is 7.88. The van der Waals surface area contributed by atoms with Gasteiger partial charge in [0.25, 0.3) is 0 Å². The molecule has 1 aromatic rings. The van der Waals surface area contributed by atoms with Crippen molar-refractivity contribution in [2.24, 2.45) is 23.2 Å². The highest BCUT2D eigenvalue weighted by molar-refractivity contribution is 5.40. The van der Waals surface area contributed by atoms with Gasteiger partial charge in [-0.1, -0.05) is 26.8 Å². The summed E-state index contributed by atoms with van der Waals surface area (Å²) in [7, 11) is 0. The molecule has 126 valence electrons. The highest BCUT2D eigenvalue weighted by Crippen LogP contribution is 2.65. The zero-order valence-corrected chi connectivity index (χ0v) is 14.7. The Hall–Kier alpha value is -1.02. The maximum atomic E-state index is 11.4. The second kappa shape index (κ2) is 4.99. The molecule has 0 saturated heterocycles. The van der Waals surface area contributed by atoms with Crippen LogP contribution >= 0.6 is 0 Å². The first-order valence-electron chi connectivity index (χ1n) is 9.41. The van der Waals surface area contributed by atoms with E-state index in [2.05, 4.69) is 26.8 Å². The topological polar surface area (TPSA) is 40.5 Å². The Morgan fingerprint density at radius 1 is 1.13 bits per heavy atom. The molecule has 0 radical (unpaired) electrons. The van der Waals surface area contributed by atoms with Gasteiger partial charge in [0.15, 0.2) is 0 Å². The summed E-state index contributed by atoms with van der Waals surface area (Å²) < 4.78 is 0. The zero-order chi connectivity index (χ0) is 16.4. The average Bonchev–Trinajstić information content (AvgIpc) is 2.80. The number of hydrogen-bond donors (Lipinski definition) is 2. The lowest BCUT2D eigenvalue weighted by Gasteiger charge is -2.54. The SMILES string of the molecule is CC(C)[C@]1(O)CC[C@H]2[C@H]3CCc4cc(O)ccc4[C@@H]3CC[C@@]21C. The van der Waals surface area contributed by atoms with Crippen molar-refractivity contribution in [3.05, 3.63) is 29.3 Å². The number of aliphatic hydroxyl groups is 1. The Bertz CT molecular complexity index is 622. The summed E-state index contributed by atoms with van der Waals surface area (Å²) in [6.07, 6.45) is 6.77. The fourth-order valence-electron chi connectivity index (χ4n) is 6.57. The van der Waals surface area contributed by atoms with Gasteiger partial charge in [-0.3, -0.25) is 0 Å². The minimum Gasteiger partial charge on any atom is -0.508 e. The molecular weight excluding hydrogens is 284 g/mol. The molecule has 0 aliphatic heterocycles. The Morgan fingerprint density at radius 3 is 2.65 bits per heavy atom. The van der Waals surface area contributed by atoms with Crippen molar-refractivity contribution in [2.45, 2.75) is 70.8 Å². The van der Waals surface area contributed by atoms with Crippen molar-refractivity contribution in [3.8, 4) is 5.75 Å². The fourth-order valence-corrected chi connectivity index (χ4v) is 6.57. The van der Waals surface area contributed by atoms with Crippen molar-refractivity contribution in [1.82, 2.24) is 0 Å². The lowest BCUT2D eigenvalue weighted by molar-refractivity contribution is -0.129. The molecule has 0 bridgehead atoms. The van der Waals surface area contributed by atoms with Crippen molar-refractivity contribution in [1.29, 1.82) is 0 Å². The standard InChI is InChI=1S/C21H30O2/c1-13(2)21(23)11-9-19-18-6-4-14-12-15(22)5-7-16(14)17(18)8-10-20(19,21)3/h5,7,12-13,17-19,22-23H,4,6,8-11H2,1-3H3/t17-,18-,19-,20-,21+/m0/s1. The van der Waals surface area contributed by atoms with Crippen LogP contribution in [-0.4, -0.2) is 15.8 Å². The van der Waals surface area contributed by atoms with Gasteiger partial charge < -0.3 is 10.2 Å². The van der Waals surface area contributed by atoms with Gasteiger partial charge in [-0.15, -0.1) is 0 Å². The first-order valence-corrected chi connectivity index (χ1v) is 9.41. The quantitative estimate of drug-likeness (QED) is 0.793. The van der Waals surface area contributed by atoms with Gasteiger partial charge in [-0.25, -0.2) is 0 Å². The molecule has 0 aromatic heterocycles. The molecule has 2 N–H and O–H groups in total. The Kier molecular flexibility index (Phi) is 3.36. The van der Waals surface area contributed by atoms with Gasteiger partial charge in [0, 0.05) is 0 Å². The number of rotatable bonds is 1. The normalized spacial score (nSPS) is 42.2. The Labute approximate surface area is 139 Å². The first kappa shape index (κ1) is 15.5. The van der Waals surface area contributed by atoms with Crippen LogP contribution in [0.25, 0.3) is 0 Å². The summed E-state index contributed by atoms with van der Waals surface area (Å²) >= 11 is 0. The van der Waals surface area contributed by atoms with Gasteiger partial charge in [0.2, 0.25) is 0 Å². The van der Waals surface area contributed by atoms with Crippen LogP contribution in [0.5, 0.6) is 5.75 Å². The minimum absolute atomic E-state index is 0.0801. The molecule has 2 fully saturated rings. The largest absolute Gasteiger partial charge is 0.508 e. The molecule has 0 amide bonds. The predicted molar refractivity (Wildman–Crippen MR) is 92.5 cm³/mol. The lowest BCUT2D eigenvalue weighted by Crippen LogP contribution is -2.53.